The van der Waals surface area contributed by atoms with E-state index in [-0.39, 0.29) is 12.5 Å². The van der Waals surface area contributed by atoms with Crippen LogP contribution < -0.4 is 5.32 Å². The van der Waals surface area contributed by atoms with Crippen LogP contribution in [0.25, 0.3) is 0 Å². The highest BCUT2D eigenvalue weighted by Crippen LogP contribution is 2.13. The molecule has 1 atom stereocenters. The lowest BCUT2D eigenvalue weighted by atomic mass is 10.0. The summed E-state index contributed by atoms with van der Waals surface area (Å²) in [6.45, 7) is 2.41. The summed E-state index contributed by atoms with van der Waals surface area (Å²) >= 11 is 3.40. The van der Waals surface area contributed by atoms with Gasteiger partial charge in [0.15, 0.2) is 0 Å². The molecule has 1 aromatic carbocycles. The summed E-state index contributed by atoms with van der Waals surface area (Å²) in [6.07, 6.45) is 1.59. The summed E-state index contributed by atoms with van der Waals surface area (Å²) in [7, 11) is 1.59. The van der Waals surface area contributed by atoms with Gasteiger partial charge in [-0.2, -0.15) is 0 Å². The van der Waals surface area contributed by atoms with E-state index in [0.29, 0.717) is 25.9 Å². The summed E-state index contributed by atoms with van der Waals surface area (Å²) in [5.74, 6) is -0.0531. The Labute approximate surface area is 128 Å². The van der Waals surface area contributed by atoms with E-state index in [4.69, 9.17) is 4.74 Å². The van der Waals surface area contributed by atoms with Gasteiger partial charge in [-0.1, -0.05) is 28.1 Å². The minimum atomic E-state index is -0.929. The van der Waals surface area contributed by atoms with Crippen LogP contribution in [-0.4, -0.2) is 36.9 Å². The summed E-state index contributed by atoms with van der Waals surface area (Å²) in [4.78, 5) is 11.8. The molecule has 0 heterocycles. The molecule has 0 aromatic heterocycles. The molecular formula is C15H22BrNO3. The normalized spacial score (nSPS) is 13.8. The molecule has 2 N–H and O–H groups in total. The van der Waals surface area contributed by atoms with Gasteiger partial charge in [0.1, 0.15) is 0 Å². The fourth-order valence-electron chi connectivity index (χ4n) is 1.74. The molecule has 0 saturated carbocycles. The molecule has 0 spiro atoms. The van der Waals surface area contributed by atoms with Crippen molar-refractivity contribution in [1.29, 1.82) is 0 Å². The smallest absolute Gasteiger partial charge is 0.220 e. The third kappa shape index (κ3) is 7.03. The number of rotatable bonds is 8. The van der Waals surface area contributed by atoms with Crippen LogP contribution in [0.1, 0.15) is 25.3 Å². The second kappa shape index (κ2) is 8.39. The molecule has 0 bridgehead atoms. The summed E-state index contributed by atoms with van der Waals surface area (Å²) < 4.78 is 5.94. The van der Waals surface area contributed by atoms with Crippen LogP contribution in [0.4, 0.5) is 0 Å². The average Bonchev–Trinajstić information content (AvgIpc) is 2.41. The van der Waals surface area contributed by atoms with Crippen LogP contribution in [0, 0.1) is 0 Å². The molecule has 4 nitrogen and oxygen atoms in total. The molecule has 0 saturated heterocycles. The van der Waals surface area contributed by atoms with Gasteiger partial charge in [0.05, 0.1) is 5.60 Å². The Kier molecular flexibility index (Phi) is 7.19. The highest BCUT2D eigenvalue weighted by molar-refractivity contribution is 9.10. The number of benzene rings is 1. The topological polar surface area (TPSA) is 58.6 Å². The molecule has 5 heteroatoms. The Hall–Kier alpha value is -0.910. The molecule has 0 radical (unpaired) electrons. The number of hydrogen-bond acceptors (Lipinski definition) is 3. The van der Waals surface area contributed by atoms with E-state index in [9.17, 15) is 9.90 Å². The minimum Gasteiger partial charge on any atom is -0.388 e. The number of nitrogens with one attached hydrogen (secondary N) is 1. The summed E-state index contributed by atoms with van der Waals surface area (Å²) in [5, 5.41) is 12.8. The van der Waals surface area contributed by atoms with Crippen LogP contribution in [-0.2, 0) is 16.0 Å². The van der Waals surface area contributed by atoms with Crippen molar-refractivity contribution in [2.45, 2.75) is 31.8 Å². The van der Waals surface area contributed by atoms with Gasteiger partial charge in [-0.15, -0.1) is 0 Å². The maximum atomic E-state index is 11.8. The van der Waals surface area contributed by atoms with Crippen molar-refractivity contribution in [2.24, 2.45) is 0 Å². The zero-order valence-corrected chi connectivity index (χ0v) is 13.6. The first-order chi connectivity index (χ1) is 9.43. The quantitative estimate of drug-likeness (QED) is 0.761. The van der Waals surface area contributed by atoms with Gasteiger partial charge in [0.2, 0.25) is 5.91 Å². The van der Waals surface area contributed by atoms with E-state index in [1.54, 1.807) is 14.0 Å². The second-order valence-corrected chi connectivity index (χ2v) is 6.06. The van der Waals surface area contributed by atoms with Crippen LogP contribution in [0.2, 0.25) is 0 Å². The van der Waals surface area contributed by atoms with E-state index in [1.165, 1.54) is 0 Å². The van der Waals surface area contributed by atoms with Crippen LogP contribution in [0.15, 0.2) is 28.7 Å². The number of carbonyl (C=O) groups excluding carboxylic acids is 1. The standard InChI is InChI=1S/C15H22BrNO3/c1-15(19,8-9-20-2)11-17-14(18)7-6-12-4-3-5-13(16)10-12/h3-5,10,19H,6-9,11H2,1-2H3,(H,17,18). The Balaban J connectivity index is 2.30. The number of aryl methyl sites for hydroxylation is 1. The van der Waals surface area contributed by atoms with E-state index >= 15 is 0 Å². The number of hydrogen-bond donors (Lipinski definition) is 2. The number of methoxy groups -OCH3 is 1. The van der Waals surface area contributed by atoms with Gasteiger partial charge in [0.25, 0.3) is 0 Å². The fourth-order valence-corrected chi connectivity index (χ4v) is 2.18. The van der Waals surface area contributed by atoms with Crippen molar-refractivity contribution in [1.82, 2.24) is 5.32 Å². The molecule has 0 aliphatic carbocycles. The molecule has 1 aromatic rings. The van der Waals surface area contributed by atoms with E-state index < -0.39 is 5.60 Å². The van der Waals surface area contributed by atoms with E-state index in [0.717, 1.165) is 10.0 Å². The van der Waals surface area contributed by atoms with Crippen molar-refractivity contribution >= 4 is 21.8 Å². The maximum absolute atomic E-state index is 11.8. The van der Waals surface area contributed by atoms with Gasteiger partial charge < -0.3 is 15.2 Å². The highest BCUT2D eigenvalue weighted by atomic mass is 79.9. The first-order valence-corrected chi connectivity index (χ1v) is 7.45. The Morgan fingerprint density at radius 1 is 1.50 bits per heavy atom. The molecule has 0 fully saturated rings. The van der Waals surface area contributed by atoms with Crippen molar-refractivity contribution in [3.8, 4) is 0 Å². The largest absolute Gasteiger partial charge is 0.388 e. The lowest BCUT2D eigenvalue weighted by molar-refractivity contribution is -0.122. The highest BCUT2D eigenvalue weighted by Gasteiger charge is 2.20. The molecule has 0 aliphatic rings. The summed E-state index contributed by atoms with van der Waals surface area (Å²) in [5.41, 5.74) is 0.183. The predicted octanol–water partition coefficient (Wildman–Crippen LogP) is 2.29. The molecule has 1 amide bonds. The predicted molar refractivity (Wildman–Crippen MR) is 82.6 cm³/mol. The maximum Gasteiger partial charge on any atom is 0.220 e. The van der Waals surface area contributed by atoms with Crippen molar-refractivity contribution in [2.75, 3.05) is 20.3 Å². The molecule has 0 aliphatic heterocycles. The van der Waals surface area contributed by atoms with Crippen LogP contribution in [0.3, 0.4) is 0 Å². The van der Waals surface area contributed by atoms with Crippen molar-refractivity contribution < 1.29 is 14.6 Å². The second-order valence-electron chi connectivity index (χ2n) is 5.15. The Morgan fingerprint density at radius 2 is 2.25 bits per heavy atom. The Morgan fingerprint density at radius 3 is 2.90 bits per heavy atom. The number of halogens is 1. The first kappa shape index (κ1) is 17.1. The third-order valence-electron chi connectivity index (χ3n) is 3.04. The van der Waals surface area contributed by atoms with Crippen LogP contribution in [0.5, 0.6) is 0 Å². The monoisotopic (exact) mass is 343 g/mol. The third-order valence-corrected chi connectivity index (χ3v) is 3.53. The first-order valence-electron chi connectivity index (χ1n) is 6.65. The Bertz CT molecular complexity index is 435. The molecule has 20 heavy (non-hydrogen) atoms. The number of carbonyl (C=O) groups is 1. The van der Waals surface area contributed by atoms with E-state index in [2.05, 4.69) is 21.2 Å². The lowest BCUT2D eigenvalue weighted by Gasteiger charge is -2.23. The average molecular weight is 344 g/mol. The molecule has 112 valence electrons. The molecule has 1 rings (SSSR count). The van der Waals surface area contributed by atoms with Crippen LogP contribution >= 0.6 is 15.9 Å². The van der Waals surface area contributed by atoms with Gasteiger partial charge >= 0.3 is 0 Å². The molecule has 1 unspecified atom stereocenters. The minimum absolute atomic E-state index is 0.0531. The number of ether oxygens (including phenoxy) is 1. The van der Waals surface area contributed by atoms with Crippen molar-refractivity contribution in [3.63, 3.8) is 0 Å². The van der Waals surface area contributed by atoms with Gasteiger partial charge in [-0.3, -0.25) is 4.79 Å². The summed E-state index contributed by atoms with van der Waals surface area (Å²) in [6, 6.07) is 7.90. The van der Waals surface area contributed by atoms with Gasteiger partial charge in [-0.05, 0) is 31.0 Å². The number of amides is 1. The lowest BCUT2D eigenvalue weighted by Crippen LogP contribution is -2.41. The fraction of sp³-hybridized carbons (Fsp3) is 0.533. The molecular weight excluding hydrogens is 322 g/mol. The zero-order chi connectivity index (χ0) is 15.0. The van der Waals surface area contributed by atoms with E-state index in [1.807, 2.05) is 24.3 Å². The van der Waals surface area contributed by atoms with Gasteiger partial charge in [-0.25, -0.2) is 0 Å². The zero-order valence-electron chi connectivity index (χ0n) is 12.0. The van der Waals surface area contributed by atoms with Gasteiger partial charge in [0, 0.05) is 37.6 Å². The SMILES string of the molecule is COCCC(C)(O)CNC(=O)CCc1cccc(Br)c1. The number of aliphatic hydroxyl groups is 1. The van der Waals surface area contributed by atoms with Crippen molar-refractivity contribution in [3.05, 3.63) is 34.3 Å².